The number of alkyl halides is 2. The molecule has 13 heavy (non-hydrogen) atoms. The molecule has 3 nitrogen and oxygen atoms in total. The van der Waals surface area contributed by atoms with Gasteiger partial charge in [-0.2, -0.15) is 0 Å². The van der Waals surface area contributed by atoms with Crippen LogP contribution >= 0.6 is 15.9 Å². The lowest BCUT2D eigenvalue weighted by Gasteiger charge is -2.06. The number of aliphatic hydroxyl groups excluding tert-OH is 1. The highest BCUT2D eigenvalue weighted by Crippen LogP contribution is 2.27. The van der Waals surface area contributed by atoms with Crippen LogP contribution in [0, 0.1) is 0 Å². The van der Waals surface area contributed by atoms with Crippen LogP contribution in [0.1, 0.15) is 17.8 Å². The summed E-state index contributed by atoms with van der Waals surface area (Å²) < 4.78 is 24.7. The standard InChI is InChI=1S/C7H7BrF2N2O/c8-3-1-4(7(9)10)12-5(2-13)6(3)11/h1,7,13H,2,11H2. The number of nitrogens with two attached hydrogens (primary N) is 1. The van der Waals surface area contributed by atoms with Crippen molar-refractivity contribution < 1.29 is 13.9 Å². The number of hydrogen-bond acceptors (Lipinski definition) is 3. The molecule has 0 saturated heterocycles. The summed E-state index contributed by atoms with van der Waals surface area (Å²) in [5.74, 6) is 0. The summed E-state index contributed by atoms with van der Waals surface area (Å²) in [6.07, 6.45) is -2.66. The quantitative estimate of drug-likeness (QED) is 0.845. The number of rotatable bonds is 2. The van der Waals surface area contributed by atoms with Gasteiger partial charge in [0.25, 0.3) is 6.43 Å². The van der Waals surface area contributed by atoms with Crippen molar-refractivity contribution >= 4 is 21.6 Å². The molecular weight excluding hydrogens is 246 g/mol. The lowest BCUT2D eigenvalue weighted by Crippen LogP contribution is -2.02. The molecule has 0 aromatic carbocycles. The van der Waals surface area contributed by atoms with E-state index in [9.17, 15) is 8.78 Å². The van der Waals surface area contributed by atoms with Crippen LogP contribution in [0.25, 0.3) is 0 Å². The van der Waals surface area contributed by atoms with Gasteiger partial charge in [0.2, 0.25) is 0 Å². The van der Waals surface area contributed by atoms with E-state index in [1.807, 2.05) is 0 Å². The Labute approximate surface area is 81.7 Å². The summed E-state index contributed by atoms with van der Waals surface area (Å²) in [5.41, 5.74) is 5.30. The number of aromatic nitrogens is 1. The maximum absolute atomic E-state index is 12.2. The number of nitrogens with zero attached hydrogens (tertiary/aromatic N) is 1. The lowest BCUT2D eigenvalue weighted by atomic mass is 10.2. The van der Waals surface area contributed by atoms with Gasteiger partial charge in [-0.05, 0) is 22.0 Å². The highest BCUT2D eigenvalue weighted by atomic mass is 79.9. The molecule has 0 fully saturated rings. The highest BCUT2D eigenvalue weighted by Gasteiger charge is 2.13. The van der Waals surface area contributed by atoms with Gasteiger partial charge < -0.3 is 10.8 Å². The number of anilines is 1. The molecule has 1 rings (SSSR count). The van der Waals surface area contributed by atoms with Gasteiger partial charge >= 0.3 is 0 Å². The molecule has 6 heteroatoms. The molecule has 0 aliphatic carbocycles. The van der Waals surface area contributed by atoms with Crippen LogP contribution in [0.3, 0.4) is 0 Å². The Bertz CT molecular complexity index is 320. The van der Waals surface area contributed by atoms with Crippen molar-refractivity contribution in [1.29, 1.82) is 0 Å². The fourth-order valence-electron chi connectivity index (χ4n) is 0.826. The molecule has 1 aromatic rings. The van der Waals surface area contributed by atoms with Gasteiger partial charge in [-0.3, -0.25) is 0 Å². The van der Waals surface area contributed by atoms with E-state index in [0.717, 1.165) is 6.07 Å². The first-order chi connectivity index (χ1) is 6.06. The number of nitrogen functional groups attached to an aromatic ring is 1. The largest absolute Gasteiger partial charge is 0.396 e. The summed E-state index contributed by atoms with van der Waals surface area (Å²) in [7, 11) is 0. The Balaban J connectivity index is 3.22. The number of hydrogen-bond donors (Lipinski definition) is 2. The van der Waals surface area contributed by atoms with Crippen molar-refractivity contribution in [2.75, 3.05) is 5.73 Å². The summed E-state index contributed by atoms with van der Waals surface area (Å²) in [5, 5.41) is 8.74. The van der Waals surface area contributed by atoms with Gasteiger partial charge in [-0.15, -0.1) is 0 Å². The van der Waals surface area contributed by atoms with E-state index in [1.165, 1.54) is 0 Å². The van der Waals surface area contributed by atoms with Crippen molar-refractivity contribution in [3.05, 3.63) is 21.9 Å². The van der Waals surface area contributed by atoms with Crippen molar-refractivity contribution in [3.63, 3.8) is 0 Å². The van der Waals surface area contributed by atoms with Crippen molar-refractivity contribution in [2.45, 2.75) is 13.0 Å². The van der Waals surface area contributed by atoms with Crippen LogP contribution in [-0.4, -0.2) is 10.1 Å². The van der Waals surface area contributed by atoms with E-state index in [-0.39, 0.29) is 11.4 Å². The van der Waals surface area contributed by atoms with E-state index in [4.69, 9.17) is 10.8 Å². The van der Waals surface area contributed by atoms with E-state index < -0.39 is 18.7 Å². The fourth-order valence-corrected chi connectivity index (χ4v) is 1.29. The second kappa shape index (κ2) is 3.97. The molecule has 0 aliphatic rings. The zero-order chi connectivity index (χ0) is 10.0. The van der Waals surface area contributed by atoms with E-state index >= 15 is 0 Å². The average Bonchev–Trinajstić information content (AvgIpc) is 2.09. The highest BCUT2D eigenvalue weighted by molar-refractivity contribution is 9.10. The first-order valence-electron chi connectivity index (χ1n) is 3.40. The molecule has 0 saturated carbocycles. The van der Waals surface area contributed by atoms with Crippen LogP contribution in [0.2, 0.25) is 0 Å². The maximum atomic E-state index is 12.2. The number of halogens is 3. The molecule has 0 radical (unpaired) electrons. The topological polar surface area (TPSA) is 59.1 Å². The van der Waals surface area contributed by atoms with Crippen molar-refractivity contribution in [3.8, 4) is 0 Å². The third-order valence-corrected chi connectivity index (χ3v) is 2.14. The van der Waals surface area contributed by atoms with Crippen LogP contribution in [0.4, 0.5) is 14.5 Å². The molecule has 0 unspecified atom stereocenters. The van der Waals surface area contributed by atoms with Gasteiger partial charge in [-0.25, -0.2) is 13.8 Å². The minimum absolute atomic E-state index is 0.0599. The minimum Gasteiger partial charge on any atom is -0.396 e. The van der Waals surface area contributed by atoms with E-state index in [2.05, 4.69) is 20.9 Å². The summed E-state index contributed by atoms with van der Waals surface area (Å²) in [6.45, 7) is -0.453. The first kappa shape index (κ1) is 10.3. The third kappa shape index (κ3) is 2.13. The zero-order valence-electron chi connectivity index (χ0n) is 6.47. The molecule has 72 valence electrons. The molecule has 0 amide bonds. The van der Waals surface area contributed by atoms with Gasteiger partial charge in [-0.1, -0.05) is 0 Å². The normalized spacial score (nSPS) is 10.8. The van der Waals surface area contributed by atoms with Crippen LogP contribution in [-0.2, 0) is 6.61 Å². The van der Waals surface area contributed by atoms with Crippen LogP contribution in [0.5, 0.6) is 0 Å². The Hall–Kier alpha value is -0.750. The molecule has 1 aromatic heterocycles. The number of aliphatic hydroxyl groups is 1. The lowest BCUT2D eigenvalue weighted by molar-refractivity contribution is 0.145. The monoisotopic (exact) mass is 252 g/mol. The smallest absolute Gasteiger partial charge is 0.280 e. The second-order valence-corrected chi connectivity index (χ2v) is 3.20. The Morgan fingerprint density at radius 2 is 2.23 bits per heavy atom. The van der Waals surface area contributed by atoms with Crippen molar-refractivity contribution in [1.82, 2.24) is 4.98 Å². The third-order valence-electron chi connectivity index (χ3n) is 1.48. The first-order valence-corrected chi connectivity index (χ1v) is 4.19. The van der Waals surface area contributed by atoms with Crippen LogP contribution < -0.4 is 5.73 Å². The Morgan fingerprint density at radius 1 is 1.62 bits per heavy atom. The zero-order valence-corrected chi connectivity index (χ0v) is 8.05. The van der Waals surface area contributed by atoms with Crippen molar-refractivity contribution in [2.24, 2.45) is 0 Å². The van der Waals surface area contributed by atoms with E-state index in [0.29, 0.717) is 4.47 Å². The molecule has 0 spiro atoms. The SMILES string of the molecule is Nc1c(Br)cc(C(F)F)nc1CO. The maximum Gasteiger partial charge on any atom is 0.280 e. The van der Waals surface area contributed by atoms with Gasteiger partial charge in [0, 0.05) is 4.47 Å². The van der Waals surface area contributed by atoms with Gasteiger partial charge in [0.15, 0.2) is 0 Å². The fraction of sp³-hybridized carbons (Fsp3) is 0.286. The van der Waals surface area contributed by atoms with E-state index in [1.54, 1.807) is 0 Å². The summed E-state index contributed by atoms with van der Waals surface area (Å²) in [4.78, 5) is 3.50. The summed E-state index contributed by atoms with van der Waals surface area (Å²) >= 11 is 3.00. The van der Waals surface area contributed by atoms with Gasteiger partial charge in [0.1, 0.15) is 5.69 Å². The molecule has 3 N–H and O–H groups in total. The predicted octanol–water partition coefficient (Wildman–Crippen LogP) is 1.86. The molecule has 0 aliphatic heterocycles. The average molecular weight is 253 g/mol. The second-order valence-electron chi connectivity index (χ2n) is 2.35. The molecule has 0 bridgehead atoms. The molecular formula is C7H7BrF2N2O. The Morgan fingerprint density at radius 3 is 2.69 bits per heavy atom. The number of pyridine rings is 1. The summed E-state index contributed by atoms with van der Waals surface area (Å²) in [6, 6.07) is 1.14. The predicted molar refractivity (Wildman–Crippen MR) is 47.2 cm³/mol. The van der Waals surface area contributed by atoms with Gasteiger partial charge in [0.05, 0.1) is 18.0 Å². The molecule has 0 atom stereocenters. The molecule has 1 heterocycles. The Kier molecular flexibility index (Phi) is 3.16. The van der Waals surface area contributed by atoms with Crippen LogP contribution in [0.15, 0.2) is 10.5 Å². The minimum atomic E-state index is -2.66.